The number of esters is 1. The molecule has 0 fully saturated rings. The zero-order chi connectivity index (χ0) is 28.4. The molecule has 12 heteroatoms. The van der Waals surface area contributed by atoms with E-state index in [1.165, 1.54) is 26.3 Å². The predicted octanol–water partition coefficient (Wildman–Crippen LogP) is 5.18. The van der Waals surface area contributed by atoms with Crippen molar-refractivity contribution in [2.45, 2.75) is 51.1 Å². The van der Waals surface area contributed by atoms with E-state index in [2.05, 4.69) is 9.98 Å². The fourth-order valence-electron chi connectivity index (χ4n) is 4.14. The Morgan fingerprint density at radius 1 is 0.949 bits per heavy atom. The summed E-state index contributed by atoms with van der Waals surface area (Å²) >= 11 is 12.4. The van der Waals surface area contributed by atoms with E-state index in [0.29, 0.717) is 50.9 Å². The number of carbonyl (C=O) groups is 1. The summed E-state index contributed by atoms with van der Waals surface area (Å²) in [5.41, 5.74) is 6.99. The van der Waals surface area contributed by atoms with Crippen LogP contribution in [0.3, 0.4) is 0 Å². The van der Waals surface area contributed by atoms with Crippen LogP contribution in [0.25, 0.3) is 0 Å². The molecule has 3 rings (SSSR count). The van der Waals surface area contributed by atoms with Crippen LogP contribution in [-0.4, -0.2) is 56.9 Å². The van der Waals surface area contributed by atoms with Crippen molar-refractivity contribution in [3.05, 3.63) is 51.5 Å². The third-order valence-corrected chi connectivity index (χ3v) is 6.80. The van der Waals surface area contributed by atoms with Crippen LogP contribution in [-0.2, 0) is 4.74 Å². The smallest absolute Gasteiger partial charge is 0.338 e. The van der Waals surface area contributed by atoms with Crippen LogP contribution in [0, 0.1) is 0 Å². The lowest BCUT2D eigenvalue weighted by molar-refractivity contribution is 0.0496. The summed E-state index contributed by atoms with van der Waals surface area (Å²) in [5, 5.41) is 2.41. The molecule has 212 valence electrons. The molecule has 0 aliphatic carbocycles. The van der Waals surface area contributed by atoms with Crippen molar-refractivity contribution in [3.8, 4) is 17.2 Å². The number of methoxy groups -OCH3 is 3. The number of halogens is 2. The summed E-state index contributed by atoms with van der Waals surface area (Å²) in [7, 11) is 4.51. The highest BCUT2D eigenvalue weighted by atomic mass is 35.5. The second-order valence-electron chi connectivity index (χ2n) is 8.89. The number of hydrogen-bond donors (Lipinski definition) is 2. The fraction of sp³-hybridized carbons (Fsp3) is 0.444. The molecule has 0 spiro atoms. The van der Waals surface area contributed by atoms with Gasteiger partial charge in [-0.2, -0.15) is 4.99 Å². The van der Waals surface area contributed by atoms with Gasteiger partial charge in [0.05, 0.1) is 38.5 Å². The second-order valence-corrected chi connectivity index (χ2v) is 9.74. The summed E-state index contributed by atoms with van der Waals surface area (Å²) in [6.45, 7) is 0.335. The number of benzene rings is 2. The van der Waals surface area contributed by atoms with Crippen LogP contribution in [0.4, 0.5) is 0 Å². The van der Waals surface area contributed by atoms with E-state index in [1.807, 2.05) is 0 Å². The molecule has 1 heterocycles. The highest BCUT2D eigenvalue weighted by Gasteiger charge is 2.24. The molecule has 4 N–H and O–H groups in total. The molecule has 2 aromatic rings. The largest absolute Gasteiger partial charge is 0.493 e. The Hall–Kier alpha value is -3.21. The molecule has 0 bridgehead atoms. The average molecular weight is 581 g/mol. The Balaban J connectivity index is 1.37. The molecule has 2 aromatic carbocycles. The molecule has 0 saturated heterocycles. The van der Waals surface area contributed by atoms with Crippen molar-refractivity contribution < 1.29 is 23.7 Å². The zero-order valence-corrected chi connectivity index (χ0v) is 23.9. The first-order valence-corrected chi connectivity index (χ1v) is 13.4. The van der Waals surface area contributed by atoms with E-state index >= 15 is 0 Å². The van der Waals surface area contributed by atoms with E-state index in [0.717, 1.165) is 44.9 Å². The topological polar surface area (TPSA) is 134 Å². The van der Waals surface area contributed by atoms with Gasteiger partial charge >= 0.3 is 5.97 Å². The number of guanidine groups is 1. The Kier molecular flexibility index (Phi) is 11.5. The van der Waals surface area contributed by atoms with Gasteiger partial charge in [-0.3, -0.25) is 5.01 Å². The molecular weight excluding hydrogens is 545 g/mol. The average Bonchev–Trinajstić information content (AvgIpc) is 2.94. The molecule has 39 heavy (non-hydrogen) atoms. The number of amidine groups is 1. The van der Waals surface area contributed by atoms with Gasteiger partial charge in [-0.15, -0.1) is 0 Å². The minimum atomic E-state index is -0.435. The van der Waals surface area contributed by atoms with Gasteiger partial charge < -0.3 is 24.7 Å². The van der Waals surface area contributed by atoms with E-state index in [-0.39, 0.29) is 12.1 Å². The number of unbranched alkanes of at least 4 members (excludes halogenated alkanes) is 5. The highest BCUT2D eigenvalue weighted by molar-refractivity contribution is 6.36. The van der Waals surface area contributed by atoms with Crippen LogP contribution < -0.4 is 25.8 Å². The third-order valence-electron chi connectivity index (χ3n) is 6.24. The zero-order valence-electron chi connectivity index (χ0n) is 22.4. The number of hydrazine groups is 1. The lowest BCUT2D eigenvalue weighted by atomic mass is 10.1. The Morgan fingerprint density at radius 3 is 2.23 bits per heavy atom. The van der Waals surface area contributed by atoms with Crippen molar-refractivity contribution in [3.63, 3.8) is 0 Å². The van der Waals surface area contributed by atoms with Gasteiger partial charge in [-0.05, 0) is 49.6 Å². The van der Waals surface area contributed by atoms with Crippen molar-refractivity contribution in [1.82, 2.24) is 5.01 Å². The summed E-state index contributed by atoms with van der Waals surface area (Å²) in [6.07, 6.45) is 6.11. The summed E-state index contributed by atoms with van der Waals surface area (Å²) in [5.74, 6) is 7.49. The Labute approximate surface area is 238 Å². The number of carbonyl (C=O) groups excluding carboxylic acids is 1. The molecular formula is C27H35Cl2N5O5. The maximum absolute atomic E-state index is 12.5. The fourth-order valence-corrected chi connectivity index (χ4v) is 4.51. The molecule has 0 amide bonds. The van der Waals surface area contributed by atoms with Gasteiger partial charge in [-0.25, -0.2) is 15.6 Å². The third kappa shape index (κ3) is 8.14. The lowest BCUT2D eigenvalue weighted by Crippen LogP contribution is -2.51. The van der Waals surface area contributed by atoms with Crippen molar-refractivity contribution in [1.29, 1.82) is 0 Å². The number of nitrogens with two attached hydrogens (primary N) is 2. The maximum Gasteiger partial charge on any atom is 0.338 e. The number of hydrogen-bond acceptors (Lipinski definition) is 10. The van der Waals surface area contributed by atoms with Crippen LogP contribution >= 0.6 is 23.2 Å². The standard InChI is InChI=1S/C27H35Cl2N5O5/c1-36-21-14-17(15-22(37-2)24(21)38-3)26(35)39-13-9-7-5-4-6-8-10-23-32-25(33-27(30)34(23)31)19-16-18(28)11-12-20(19)29/h11-12,14-16,23H,4-10,13,31H2,1-3H3,(H2,30,32,33). The molecule has 0 radical (unpaired) electrons. The lowest BCUT2D eigenvalue weighted by Gasteiger charge is -2.29. The molecule has 1 atom stereocenters. The second kappa shape index (κ2) is 14.8. The molecule has 0 saturated carbocycles. The van der Waals surface area contributed by atoms with Crippen molar-refractivity contribution in [2.24, 2.45) is 21.6 Å². The quantitative estimate of drug-likeness (QED) is 0.177. The monoisotopic (exact) mass is 579 g/mol. The number of aliphatic imine (C=N–C) groups is 2. The highest BCUT2D eigenvalue weighted by Crippen LogP contribution is 2.38. The normalized spacial score (nSPS) is 14.9. The summed E-state index contributed by atoms with van der Waals surface area (Å²) in [6, 6.07) is 8.27. The van der Waals surface area contributed by atoms with Crippen LogP contribution in [0.15, 0.2) is 40.3 Å². The molecule has 1 aliphatic rings. The van der Waals surface area contributed by atoms with Gasteiger partial charge in [-0.1, -0.05) is 48.9 Å². The Morgan fingerprint density at radius 2 is 1.59 bits per heavy atom. The number of nitrogens with zero attached hydrogens (tertiary/aromatic N) is 3. The molecule has 1 aliphatic heterocycles. The number of rotatable bonds is 14. The first-order valence-electron chi connectivity index (χ1n) is 12.7. The first kappa shape index (κ1) is 30.3. The van der Waals surface area contributed by atoms with Crippen LogP contribution in [0.5, 0.6) is 17.2 Å². The van der Waals surface area contributed by atoms with Gasteiger partial charge in [0.25, 0.3) is 0 Å². The summed E-state index contributed by atoms with van der Waals surface area (Å²) in [4.78, 5) is 21.4. The van der Waals surface area contributed by atoms with Gasteiger partial charge in [0, 0.05) is 10.6 Å². The van der Waals surface area contributed by atoms with E-state index in [9.17, 15) is 4.79 Å². The SMILES string of the molecule is COc1cc(C(=O)OCCCCCCCCC2N=C(c3cc(Cl)ccc3Cl)N=C(N)N2N)cc(OC)c1OC. The van der Waals surface area contributed by atoms with Gasteiger partial charge in [0.15, 0.2) is 17.3 Å². The minimum absolute atomic E-state index is 0.183. The van der Waals surface area contributed by atoms with Gasteiger partial charge in [0.1, 0.15) is 6.17 Å². The van der Waals surface area contributed by atoms with Crippen molar-refractivity contribution in [2.75, 3.05) is 27.9 Å². The molecule has 0 aromatic heterocycles. The van der Waals surface area contributed by atoms with Crippen LogP contribution in [0.1, 0.15) is 60.9 Å². The van der Waals surface area contributed by atoms with E-state index in [4.69, 9.17) is 53.7 Å². The Bertz CT molecular complexity index is 1180. The summed E-state index contributed by atoms with van der Waals surface area (Å²) < 4.78 is 21.3. The van der Waals surface area contributed by atoms with Crippen LogP contribution in [0.2, 0.25) is 10.0 Å². The molecule has 10 nitrogen and oxygen atoms in total. The van der Waals surface area contributed by atoms with E-state index in [1.54, 1.807) is 30.3 Å². The first-order chi connectivity index (χ1) is 18.8. The predicted molar refractivity (Wildman–Crippen MR) is 153 cm³/mol. The molecule has 1 unspecified atom stereocenters. The minimum Gasteiger partial charge on any atom is -0.493 e. The van der Waals surface area contributed by atoms with E-state index < -0.39 is 5.97 Å². The number of ether oxygens (including phenoxy) is 4. The maximum atomic E-state index is 12.5. The van der Waals surface area contributed by atoms with Crippen molar-refractivity contribution >= 4 is 41.0 Å². The van der Waals surface area contributed by atoms with Gasteiger partial charge in [0.2, 0.25) is 11.7 Å².